The lowest BCUT2D eigenvalue weighted by Gasteiger charge is -2.07. The summed E-state index contributed by atoms with van der Waals surface area (Å²) in [7, 11) is 1.30. The van der Waals surface area contributed by atoms with Gasteiger partial charge in [-0.3, -0.25) is 10.1 Å². The van der Waals surface area contributed by atoms with E-state index in [9.17, 15) is 9.59 Å². The third-order valence-corrected chi connectivity index (χ3v) is 2.38. The Labute approximate surface area is 112 Å². The maximum atomic E-state index is 11.6. The normalized spacial score (nSPS) is 9.79. The second-order valence-electron chi connectivity index (χ2n) is 3.85. The van der Waals surface area contributed by atoms with E-state index in [2.05, 4.69) is 20.7 Å². The van der Waals surface area contributed by atoms with Crippen LogP contribution in [-0.4, -0.2) is 32.2 Å². The third-order valence-electron chi connectivity index (χ3n) is 2.38. The number of benzene rings is 1. The molecule has 0 aliphatic rings. The molecule has 0 saturated carbocycles. The van der Waals surface area contributed by atoms with Crippen molar-refractivity contribution < 1.29 is 14.3 Å². The van der Waals surface area contributed by atoms with Gasteiger partial charge in [0.1, 0.15) is 0 Å². The lowest BCUT2D eigenvalue weighted by atomic mass is 10.2. The summed E-state index contributed by atoms with van der Waals surface area (Å²) in [6.45, 7) is 3.50. The van der Waals surface area contributed by atoms with Crippen molar-refractivity contribution in [2.24, 2.45) is 0 Å². The molecule has 0 aromatic heterocycles. The van der Waals surface area contributed by atoms with Crippen molar-refractivity contribution in [1.82, 2.24) is 5.32 Å². The van der Waals surface area contributed by atoms with Crippen molar-refractivity contribution in [2.45, 2.75) is 13.3 Å². The number of carbonyl (C=O) groups excluding carboxylic acids is 2. The number of anilines is 2. The number of nitrogens with one attached hydrogen (secondary N) is 3. The molecule has 0 radical (unpaired) electrons. The van der Waals surface area contributed by atoms with Gasteiger partial charge in [0.05, 0.1) is 7.11 Å². The fourth-order valence-electron chi connectivity index (χ4n) is 1.41. The second kappa shape index (κ2) is 8.10. The molecule has 0 unspecified atom stereocenters. The topological polar surface area (TPSA) is 79.5 Å². The minimum absolute atomic E-state index is 0.0466. The summed E-state index contributed by atoms with van der Waals surface area (Å²) in [5.41, 5.74) is 1.30. The molecule has 0 fully saturated rings. The standard InChI is InChI=1S/C13H19N3O3/c1-3-14-9-8-12(17)15-10-4-6-11(7-5-10)16-13(18)19-2/h4-7,14H,3,8-9H2,1-2H3,(H,15,17)(H,16,18). The first-order valence-corrected chi connectivity index (χ1v) is 6.11. The van der Waals surface area contributed by atoms with Crippen molar-refractivity contribution in [3.05, 3.63) is 24.3 Å². The van der Waals surface area contributed by atoms with Crippen LogP contribution in [0.1, 0.15) is 13.3 Å². The number of carbonyl (C=O) groups is 2. The predicted molar refractivity (Wildman–Crippen MR) is 74.3 cm³/mol. The molecule has 1 aromatic carbocycles. The van der Waals surface area contributed by atoms with Gasteiger partial charge in [-0.25, -0.2) is 4.79 Å². The molecule has 1 aromatic rings. The van der Waals surface area contributed by atoms with E-state index in [1.807, 2.05) is 6.92 Å². The van der Waals surface area contributed by atoms with Crippen LogP contribution in [0.4, 0.5) is 16.2 Å². The summed E-state index contributed by atoms with van der Waals surface area (Å²) in [6, 6.07) is 6.82. The molecular weight excluding hydrogens is 246 g/mol. The van der Waals surface area contributed by atoms with Gasteiger partial charge in [-0.2, -0.15) is 0 Å². The number of hydrogen-bond acceptors (Lipinski definition) is 4. The molecule has 0 aliphatic heterocycles. The molecule has 0 aliphatic carbocycles. The molecule has 0 saturated heterocycles. The molecule has 1 rings (SSSR count). The Morgan fingerprint density at radius 2 is 1.68 bits per heavy atom. The van der Waals surface area contributed by atoms with Crippen LogP contribution in [0.5, 0.6) is 0 Å². The van der Waals surface area contributed by atoms with Gasteiger partial charge in [0.2, 0.25) is 5.91 Å². The highest BCUT2D eigenvalue weighted by Gasteiger charge is 2.03. The van der Waals surface area contributed by atoms with Crippen molar-refractivity contribution in [3.8, 4) is 0 Å². The molecule has 6 heteroatoms. The van der Waals surface area contributed by atoms with Gasteiger partial charge in [-0.05, 0) is 30.8 Å². The molecular formula is C13H19N3O3. The highest BCUT2D eigenvalue weighted by molar-refractivity contribution is 5.91. The minimum Gasteiger partial charge on any atom is -0.453 e. The zero-order chi connectivity index (χ0) is 14.1. The largest absolute Gasteiger partial charge is 0.453 e. The lowest BCUT2D eigenvalue weighted by molar-refractivity contribution is -0.116. The first-order valence-electron chi connectivity index (χ1n) is 6.11. The van der Waals surface area contributed by atoms with Crippen molar-refractivity contribution >= 4 is 23.4 Å². The van der Waals surface area contributed by atoms with E-state index in [0.717, 1.165) is 6.54 Å². The molecule has 19 heavy (non-hydrogen) atoms. The van der Waals surface area contributed by atoms with Crippen molar-refractivity contribution in [2.75, 3.05) is 30.8 Å². The summed E-state index contributed by atoms with van der Waals surface area (Å²) < 4.78 is 4.48. The minimum atomic E-state index is -0.526. The first kappa shape index (κ1) is 15.0. The van der Waals surface area contributed by atoms with Crippen LogP contribution in [0.3, 0.4) is 0 Å². The highest BCUT2D eigenvalue weighted by atomic mass is 16.5. The van der Waals surface area contributed by atoms with E-state index in [0.29, 0.717) is 24.3 Å². The number of ether oxygens (including phenoxy) is 1. The molecule has 2 amide bonds. The Balaban J connectivity index is 2.43. The van der Waals surface area contributed by atoms with E-state index in [-0.39, 0.29) is 5.91 Å². The average molecular weight is 265 g/mol. The molecule has 0 spiro atoms. The monoisotopic (exact) mass is 265 g/mol. The zero-order valence-electron chi connectivity index (χ0n) is 11.2. The maximum Gasteiger partial charge on any atom is 0.411 e. The van der Waals surface area contributed by atoms with E-state index >= 15 is 0 Å². The SMILES string of the molecule is CCNCCC(=O)Nc1ccc(NC(=O)OC)cc1. The Hall–Kier alpha value is -2.08. The predicted octanol–water partition coefficient (Wildman–Crippen LogP) is 1.80. The van der Waals surface area contributed by atoms with Gasteiger partial charge >= 0.3 is 6.09 Å². The molecule has 0 heterocycles. The summed E-state index contributed by atoms with van der Waals surface area (Å²) in [5.74, 6) is -0.0466. The second-order valence-corrected chi connectivity index (χ2v) is 3.85. The van der Waals surface area contributed by atoms with Gasteiger partial charge < -0.3 is 15.4 Å². The molecule has 6 nitrogen and oxygen atoms in total. The van der Waals surface area contributed by atoms with Crippen molar-refractivity contribution in [3.63, 3.8) is 0 Å². The van der Waals surface area contributed by atoms with Crippen LogP contribution in [0.25, 0.3) is 0 Å². The van der Waals surface area contributed by atoms with Crippen LogP contribution >= 0.6 is 0 Å². The average Bonchev–Trinajstić information content (AvgIpc) is 2.41. The van der Waals surface area contributed by atoms with Crippen LogP contribution in [0.2, 0.25) is 0 Å². The first-order chi connectivity index (χ1) is 9.15. The Morgan fingerprint density at radius 3 is 2.21 bits per heavy atom. The summed E-state index contributed by atoms with van der Waals surface area (Å²) in [6.07, 6.45) is -0.0989. The smallest absolute Gasteiger partial charge is 0.411 e. The number of rotatable bonds is 6. The fraction of sp³-hybridized carbons (Fsp3) is 0.385. The Kier molecular flexibility index (Phi) is 6.38. The lowest BCUT2D eigenvalue weighted by Crippen LogP contribution is -2.21. The summed E-state index contributed by atoms with van der Waals surface area (Å²) in [5, 5.41) is 8.38. The highest BCUT2D eigenvalue weighted by Crippen LogP contribution is 2.13. The Bertz CT molecular complexity index is 418. The Morgan fingerprint density at radius 1 is 1.11 bits per heavy atom. The molecule has 104 valence electrons. The number of amides is 2. The quantitative estimate of drug-likeness (QED) is 0.685. The molecule has 0 bridgehead atoms. The van der Waals surface area contributed by atoms with Crippen molar-refractivity contribution in [1.29, 1.82) is 0 Å². The van der Waals surface area contributed by atoms with Crippen LogP contribution in [0.15, 0.2) is 24.3 Å². The third kappa shape index (κ3) is 5.87. The van der Waals surface area contributed by atoms with E-state index < -0.39 is 6.09 Å². The van der Waals surface area contributed by atoms with Crippen LogP contribution < -0.4 is 16.0 Å². The van der Waals surface area contributed by atoms with Crippen LogP contribution in [-0.2, 0) is 9.53 Å². The molecule has 3 N–H and O–H groups in total. The molecule has 0 atom stereocenters. The number of methoxy groups -OCH3 is 1. The van der Waals surface area contributed by atoms with Gasteiger partial charge in [-0.1, -0.05) is 6.92 Å². The van der Waals surface area contributed by atoms with Crippen LogP contribution in [0, 0.1) is 0 Å². The van der Waals surface area contributed by atoms with E-state index in [4.69, 9.17) is 0 Å². The van der Waals surface area contributed by atoms with Gasteiger partial charge in [0.25, 0.3) is 0 Å². The van der Waals surface area contributed by atoms with E-state index in [1.54, 1.807) is 24.3 Å². The van der Waals surface area contributed by atoms with Gasteiger partial charge in [0, 0.05) is 24.3 Å². The van der Waals surface area contributed by atoms with Gasteiger partial charge in [-0.15, -0.1) is 0 Å². The zero-order valence-corrected chi connectivity index (χ0v) is 11.2. The van der Waals surface area contributed by atoms with E-state index in [1.165, 1.54) is 7.11 Å². The van der Waals surface area contributed by atoms with Gasteiger partial charge in [0.15, 0.2) is 0 Å². The maximum absolute atomic E-state index is 11.6. The fourth-order valence-corrected chi connectivity index (χ4v) is 1.41. The number of hydrogen-bond donors (Lipinski definition) is 3. The summed E-state index contributed by atoms with van der Waals surface area (Å²) >= 11 is 0. The summed E-state index contributed by atoms with van der Waals surface area (Å²) in [4.78, 5) is 22.5.